The summed E-state index contributed by atoms with van der Waals surface area (Å²) in [4.78, 5) is 32.1. The second kappa shape index (κ2) is 8.14. The summed E-state index contributed by atoms with van der Waals surface area (Å²) in [5.74, 6) is -0.865. The molecule has 0 unspecified atom stereocenters. The van der Waals surface area contributed by atoms with Gasteiger partial charge in [-0.05, 0) is 25.1 Å². The molecule has 2 rings (SSSR count). The van der Waals surface area contributed by atoms with Gasteiger partial charge in [0.05, 0.1) is 22.7 Å². The van der Waals surface area contributed by atoms with E-state index >= 15 is 0 Å². The van der Waals surface area contributed by atoms with Gasteiger partial charge in [-0.3, -0.25) is 25.4 Å². The van der Waals surface area contributed by atoms with Crippen molar-refractivity contribution in [2.45, 2.75) is 11.8 Å². The summed E-state index contributed by atoms with van der Waals surface area (Å²) in [5, 5.41) is 1.04. The second-order valence-electron chi connectivity index (χ2n) is 4.41. The second-order valence-corrected chi connectivity index (χ2v) is 6.27. The van der Waals surface area contributed by atoms with Crippen LogP contribution in [0, 0.1) is 6.92 Å². The molecular weight excluding hydrogens is 359 g/mol. The average molecular weight is 371 g/mol. The van der Waals surface area contributed by atoms with Gasteiger partial charge in [-0.15, -0.1) is 11.8 Å². The number of amides is 2. The minimum atomic E-state index is -0.545. The van der Waals surface area contributed by atoms with E-state index < -0.39 is 5.91 Å². The molecule has 1 aromatic heterocycles. The number of carbonyl (C=O) groups excluding carboxylic acids is 2. The molecular formula is C14H12Cl2N4O2S. The fourth-order valence-corrected chi connectivity index (χ4v) is 2.76. The van der Waals surface area contributed by atoms with Gasteiger partial charge in [-0.25, -0.2) is 4.98 Å². The highest BCUT2D eigenvalue weighted by Crippen LogP contribution is 2.29. The summed E-state index contributed by atoms with van der Waals surface area (Å²) in [6, 6.07) is 4.99. The van der Waals surface area contributed by atoms with Gasteiger partial charge in [0.1, 0.15) is 5.69 Å². The molecule has 0 aliphatic rings. The molecule has 6 nitrogen and oxygen atoms in total. The number of thioether (sulfide) groups is 1. The Balaban J connectivity index is 1.82. The van der Waals surface area contributed by atoms with Gasteiger partial charge in [0.15, 0.2) is 0 Å². The first kappa shape index (κ1) is 17.5. The van der Waals surface area contributed by atoms with Gasteiger partial charge in [-0.1, -0.05) is 23.2 Å². The first-order valence-electron chi connectivity index (χ1n) is 6.41. The molecule has 1 aromatic carbocycles. The zero-order chi connectivity index (χ0) is 16.8. The van der Waals surface area contributed by atoms with E-state index in [-0.39, 0.29) is 17.4 Å². The van der Waals surface area contributed by atoms with Crippen molar-refractivity contribution >= 4 is 46.8 Å². The molecule has 0 fully saturated rings. The minimum Gasteiger partial charge on any atom is -0.272 e. The normalized spacial score (nSPS) is 10.2. The number of hydrogen-bond acceptors (Lipinski definition) is 5. The fraction of sp³-hybridized carbons (Fsp3) is 0.143. The maximum Gasteiger partial charge on any atom is 0.289 e. The third-order valence-electron chi connectivity index (χ3n) is 2.58. The number of rotatable bonds is 4. The van der Waals surface area contributed by atoms with Crippen LogP contribution in [0.3, 0.4) is 0 Å². The van der Waals surface area contributed by atoms with Crippen molar-refractivity contribution in [3.05, 3.63) is 52.0 Å². The zero-order valence-corrected chi connectivity index (χ0v) is 14.3. The third-order valence-corrected chi connectivity index (χ3v) is 4.31. The quantitative estimate of drug-likeness (QED) is 0.638. The molecule has 2 N–H and O–H groups in total. The van der Waals surface area contributed by atoms with Crippen molar-refractivity contribution in [1.29, 1.82) is 0 Å². The Morgan fingerprint density at radius 2 is 1.96 bits per heavy atom. The van der Waals surface area contributed by atoms with E-state index in [0.29, 0.717) is 20.6 Å². The van der Waals surface area contributed by atoms with E-state index in [2.05, 4.69) is 20.8 Å². The maximum atomic E-state index is 11.8. The highest BCUT2D eigenvalue weighted by Gasteiger charge is 2.10. The summed E-state index contributed by atoms with van der Waals surface area (Å²) in [5.41, 5.74) is 5.37. The minimum absolute atomic E-state index is 0.0694. The van der Waals surface area contributed by atoms with Crippen molar-refractivity contribution < 1.29 is 9.59 Å². The number of hydrogen-bond donors (Lipinski definition) is 2. The molecule has 2 amide bonds. The smallest absolute Gasteiger partial charge is 0.272 e. The topological polar surface area (TPSA) is 84.0 Å². The number of aromatic nitrogens is 2. The summed E-state index contributed by atoms with van der Waals surface area (Å²) in [6.45, 7) is 1.76. The number of halogens is 2. The largest absolute Gasteiger partial charge is 0.289 e. The highest BCUT2D eigenvalue weighted by atomic mass is 35.5. The van der Waals surface area contributed by atoms with Crippen LogP contribution in [0.2, 0.25) is 10.0 Å². The van der Waals surface area contributed by atoms with Crippen LogP contribution < -0.4 is 10.9 Å². The standard InChI is InChI=1S/C14H12Cl2N4O2S/c1-8-5-18-11(6-17-8)14(22)20-19-13(21)7-23-12-4-9(15)2-3-10(12)16/h2-6H,7H2,1H3,(H,19,21)(H,20,22). The molecule has 9 heteroatoms. The Hall–Kier alpha value is -1.83. The average Bonchev–Trinajstić information content (AvgIpc) is 2.54. The monoisotopic (exact) mass is 370 g/mol. The van der Waals surface area contributed by atoms with E-state index in [4.69, 9.17) is 23.2 Å². The van der Waals surface area contributed by atoms with Crippen LogP contribution in [0.1, 0.15) is 16.2 Å². The zero-order valence-electron chi connectivity index (χ0n) is 12.0. The van der Waals surface area contributed by atoms with Crippen LogP contribution in [-0.2, 0) is 4.79 Å². The van der Waals surface area contributed by atoms with Gasteiger partial charge in [-0.2, -0.15) is 0 Å². The fourth-order valence-electron chi connectivity index (χ4n) is 1.47. The molecule has 0 aliphatic heterocycles. The van der Waals surface area contributed by atoms with Crippen molar-refractivity contribution in [3.8, 4) is 0 Å². The lowest BCUT2D eigenvalue weighted by Gasteiger charge is -2.07. The van der Waals surface area contributed by atoms with Crippen LogP contribution >= 0.6 is 35.0 Å². The predicted molar refractivity (Wildman–Crippen MR) is 89.6 cm³/mol. The van der Waals surface area contributed by atoms with Crippen molar-refractivity contribution in [2.24, 2.45) is 0 Å². The van der Waals surface area contributed by atoms with E-state index in [1.165, 1.54) is 24.2 Å². The van der Waals surface area contributed by atoms with E-state index in [9.17, 15) is 9.59 Å². The Morgan fingerprint density at radius 3 is 2.65 bits per heavy atom. The van der Waals surface area contributed by atoms with Gasteiger partial charge in [0.25, 0.3) is 5.91 Å². The Morgan fingerprint density at radius 1 is 1.17 bits per heavy atom. The molecule has 120 valence electrons. The van der Waals surface area contributed by atoms with Crippen molar-refractivity contribution in [2.75, 3.05) is 5.75 Å². The molecule has 0 radical (unpaired) electrons. The molecule has 0 aliphatic carbocycles. The molecule has 0 saturated carbocycles. The number of benzene rings is 1. The van der Waals surface area contributed by atoms with Gasteiger partial charge in [0, 0.05) is 16.1 Å². The summed E-state index contributed by atoms with van der Waals surface area (Å²) >= 11 is 13.1. The van der Waals surface area contributed by atoms with Crippen LogP contribution in [-0.4, -0.2) is 27.5 Å². The van der Waals surface area contributed by atoms with Crippen LogP contribution in [0.4, 0.5) is 0 Å². The number of nitrogens with zero attached hydrogens (tertiary/aromatic N) is 2. The van der Waals surface area contributed by atoms with E-state index in [0.717, 1.165) is 0 Å². The maximum absolute atomic E-state index is 11.8. The van der Waals surface area contributed by atoms with Crippen LogP contribution in [0.25, 0.3) is 0 Å². The molecule has 0 bridgehead atoms. The first-order chi connectivity index (χ1) is 11.0. The summed E-state index contributed by atoms with van der Waals surface area (Å²) in [7, 11) is 0. The SMILES string of the molecule is Cc1cnc(C(=O)NNC(=O)CSc2cc(Cl)ccc2Cl)cn1. The lowest BCUT2D eigenvalue weighted by atomic mass is 10.4. The van der Waals surface area contributed by atoms with Gasteiger partial charge >= 0.3 is 0 Å². The van der Waals surface area contributed by atoms with Crippen molar-refractivity contribution in [3.63, 3.8) is 0 Å². The predicted octanol–water partition coefficient (Wildman–Crippen LogP) is 2.65. The lowest BCUT2D eigenvalue weighted by molar-refractivity contribution is -0.119. The highest BCUT2D eigenvalue weighted by molar-refractivity contribution is 8.00. The number of hydrazine groups is 1. The first-order valence-corrected chi connectivity index (χ1v) is 8.15. The Kier molecular flexibility index (Phi) is 6.20. The molecule has 0 spiro atoms. The summed E-state index contributed by atoms with van der Waals surface area (Å²) in [6.07, 6.45) is 2.80. The van der Waals surface area contributed by atoms with Crippen molar-refractivity contribution in [1.82, 2.24) is 20.8 Å². The third kappa shape index (κ3) is 5.38. The van der Waals surface area contributed by atoms with Gasteiger partial charge < -0.3 is 0 Å². The Labute approximate surface area is 147 Å². The van der Waals surface area contributed by atoms with Crippen LogP contribution in [0.5, 0.6) is 0 Å². The number of nitrogens with one attached hydrogen (secondary N) is 2. The Bertz CT molecular complexity index is 725. The lowest BCUT2D eigenvalue weighted by Crippen LogP contribution is -2.42. The molecule has 1 heterocycles. The molecule has 23 heavy (non-hydrogen) atoms. The molecule has 2 aromatic rings. The van der Waals surface area contributed by atoms with E-state index in [1.807, 2.05) is 0 Å². The van der Waals surface area contributed by atoms with E-state index in [1.54, 1.807) is 25.1 Å². The molecule has 0 atom stereocenters. The summed E-state index contributed by atoms with van der Waals surface area (Å²) < 4.78 is 0. The number of carbonyl (C=O) groups is 2. The van der Waals surface area contributed by atoms with Crippen LogP contribution in [0.15, 0.2) is 35.5 Å². The molecule has 0 saturated heterocycles. The number of aryl methyl sites for hydroxylation is 1. The van der Waals surface area contributed by atoms with Gasteiger partial charge in [0.2, 0.25) is 5.91 Å².